The van der Waals surface area contributed by atoms with Crippen LogP contribution in [0.3, 0.4) is 0 Å². The van der Waals surface area contributed by atoms with Gasteiger partial charge < -0.3 is 15.5 Å². The highest BCUT2D eigenvalue weighted by Crippen LogP contribution is 2.14. The van der Waals surface area contributed by atoms with E-state index in [0.29, 0.717) is 17.1 Å². The molecule has 0 bridgehead atoms. The van der Waals surface area contributed by atoms with Crippen molar-refractivity contribution in [3.05, 3.63) is 65.2 Å². The van der Waals surface area contributed by atoms with Gasteiger partial charge in [-0.1, -0.05) is 41.9 Å². The Kier molecular flexibility index (Phi) is 7.29. The van der Waals surface area contributed by atoms with Gasteiger partial charge in [0.05, 0.1) is 17.1 Å². The molecule has 0 saturated heterocycles. The Morgan fingerprint density at radius 2 is 1.68 bits per heavy atom. The van der Waals surface area contributed by atoms with Crippen LogP contribution in [-0.4, -0.2) is 38.5 Å². The Morgan fingerprint density at radius 1 is 1.00 bits per heavy atom. The average Bonchev–Trinajstić information content (AvgIpc) is 2.64. The highest BCUT2D eigenvalue weighted by Gasteiger charge is 2.10. The van der Waals surface area contributed by atoms with Crippen LogP contribution in [0.1, 0.15) is 16.8 Å². The monoisotopic (exact) mass is 359 g/mol. The molecule has 5 nitrogen and oxygen atoms in total. The van der Waals surface area contributed by atoms with Crippen LogP contribution >= 0.6 is 11.6 Å². The summed E-state index contributed by atoms with van der Waals surface area (Å²) in [6.45, 7) is 1.31. The number of carbonyl (C=O) groups is 2. The SMILES string of the molecule is CN(CCCNC(=O)CNC(=O)c1ccccc1Cl)c1ccccc1. The maximum absolute atomic E-state index is 12.0. The van der Waals surface area contributed by atoms with Crippen molar-refractivity contribution in [3.63, 3.8) is 0 Å². The van der Waals surface area contributed by atoms with Crippen molar-refractivity contribution >= 4 is 29.1 Å². The lowest BCUT2D eigenvalue weighted by Crippen LogP contribution is -2.38. The highest BCUT2D eigenvalue weighted by molar-refractivity contribution is 6.33. The third kappa shape index (κ3) is 6.12. The van der Waals surface area contributed by atoms with Gasteiger partial charge in [-0.05, 0) is 30.7 Å². The first-order valence-corrected chi connectivity index (χ1v) is 8.51. The van der Waals surface area contributed by atoms with Gasteiger partial charge in [-0.15, -0.1) is 0 Å². The number of benzene rings is 2. The summed E-state index contributed by atoms with van der Waals surface area (Å²) in [6, 6.07) is 16.8. The van der Waals surface area contributed by atoms with E-state index in [1.165, 1.54) is 0 Å². The fourth-order valence-corrected chi connectivity index (χ4v) is 2.54. The van der Waals surface area contributed by atoms with Crippen molar-refractivity contribution in [2.45, 2.75) is 6.42 Å². The molecule has 0 aliphatic heterocycles. The number of carbonyl (C=O) groups excluding carboxylic acids is 2. The maximum Gasteiger partial charge on any atom is 0.253 e. The van der Waals surface area contributed by atoms with Gasteiger partial charge in [-0.3, -0.25) is 9.59 Å². The van der Waals surface area contributed by atoms with Crippen molar-refractivity contribution < 1.29 is 9.59 Å². The van der Waals surface area contributed by atoms with E-state index in [-0.39, 0.29) is 18.4 Å². The van der Waals surface area contributed by atoms with Crippen LogP contribution in [0.2, 0.25) is 5.02 Å². The molecule has 0 aromatic heterocycles. The summed E-state index contributed by atoms with van der Waals surface area (Å²) >= 11 is 5.95. The molecule has 2 amide bonds. The van der Waals surface area contributed by atoms with Crippen LogP contribution in [0.25, 0.3) is 0 Å². The fraction of sp³-hybridized carbons (Fsp3) is 0.263. The summed E-state index contributed by atoms with van der Waals surface area (Å²) in [5, 5.41) is 5.73. The number of hydrogen-bond donors (Lipinski definition) is 2. The lowest BCUT2D eigenvalue weighted by molar-refractivity contribution is -0.120. The van der Waals surface area contributed by atoms with E-state index in [1.54, 1.807) is 24.3 Å². The zero-order valence-corrected chi connectivity index (χ0v) is 14.9. The van der Waals surface area contributed by atoms with E-state index in [4.69, 9.17) is 11.6 Å². The van der Waals surface area contributed by atoms with E-state index >= 15 is 0 Å². The van der Waals surface area contributed by atoms with E-state index < -0.39 is 0 Å². The lowest BCUT2D eigenvalue weighted by atomic mass is 10.2. The summed E-state index contributed by atoms with van der Waals surface area (Å²) in [4.78, 5) is 25.9. The molecule has 2 rings (SSSR count). The van der Waals surface area contributed by atoms with Crippen molar-refractivity contribution in [1.29, 1.82) is 0 Å². The van der Waals surface area contributed by atoms with Crippen LogP contribution in [0, 0.1) is 0 Å². The van der Waals surface area contributed by atoms with E-state index in [0.717, 1.165) is 18.7 Å². The van der Waals surface area contributed by atoms with Gasteiger partial charge in [0.15, 0.2) is 0 Å². The molecule has 0 radical (unpaired) electrons. The molecule has 2 aromatic carbocycles. The number of nitrogens with zero attached hydrogens (tertiary/aromatic N) is 1. The third-order valence-corrected chi connectivity index (χ3v) is 4.05. The van der Waals surface area contributed by atoms with Crippen molar-refractivity contribution in [2.24, 2.45) is 0 Å². The smallest absolute Gasteiger partial charge is 0.253 e. The third-order valence-electron chi connectivity index (χ3n) is 3.72. The largest absolute Gasteiger partial charge is 0.375 e. The molecule has 0 aliphatic rings. The maximum atomic E-state index is 12.0. The predicted octanol–water partition coefficient (Wildman–Crippen LogP) is 2.71. The molecule has 132 valence electrons. The second kappa shape index (κ2) is 9.69. The second-order valence-electron chi connectivity index (χ2n) is 5.62. The molecule has 0 spiro atoms. The number of anilines is 1. The predicted molar refractivity (Wildman–Crippen MR) is 101 cm³/mol. The van der Waals surface area contributed by atoms with Crippen LogP contribution in [0.5, 0.6) is 0 Å². The van der Waals surface area contributed by atoms with E-state index in [2.05, 4.69) is 15.5 Å². The molecule has 0 unspecified atom stereocenters. The Morgan fingerprint density at radius 3 is 2.40 bits per heavy atom. The van der Waals surface area contributed by atoms with Gasteiger partial charge in [-0.2, -0.15) is 0 Å². The number of hydrogen-bond acceptors (Lipinski definition) is 3. The van der Waals surface area contributed by atoms with Crippen LogP contribution in [0.15, 0.2) is 54.6 Å². The van der Waals surface area contributed by atoms with Gasteiger partial charge in [0.1, 0.15) is 0 Å². The quantitative estimate of drug-likeness (QED) is 0.712. The first-order chi connectivity index (χ1) is 12.1. The lowest BCUT2D eigenvalue weighted by Gasteiger charge is -2.19. The highest BCUT2D eigenvalue weighted by atomic mass is 35.5. The van der Waals surface area contributed by atoms with Gasteiger partial charge in [0.2, 0.25) is 5.91 Å². The molecule has 6 heteroatoms. The van der Waals surface area contributed by atoms with Gasteiger partial charge in [-0.25, -0.2) is 0 Å². The zero-order valence-electron chi connectivity index (χ0n) is 14.2. The molecule has 0 aliphatic carbocycles. The van der Waals surface area contributed by atoms with Crippen LogP contribution in [-0.2, 0) is 4.79 Å². The van der Waals surface area contributed by atoms with E-state index in [1.807, 2.05) is 37.4 Å². The Balaban J connectivity index is 1.64. The van der Waals surface area contributed by atoms with Gasteiger partial charge >= 0.3 is 0 Å². The number of nitrogens with one attached hydrogen (secondary N) is 2. The minimum atomic E-state index is -0.357. The van der Waals surface area contributed by atoms with Crippen LogP contribution < -0.4 is 15.5 Å². The number of amides is 2. The molecule has 0 fully saturated rings. The first-order valence-electron chi connectivity index (χ1n) is 8.13. The molecule has 25 heavy (non-hydrogen) atoms. The minimum Gasteiger partial charge on any atom is -0.375 e. The van der Waals surface area contributed by atoms with Gasteiger partial charge in [0.25, 0.3) is 5.91 Å². The average molecular weight is 360 g/mol. The standard InChI is InChI=1S/C19H22ClN3O2/c1-23(15-8-3-2-4-9-15)13-7-12-21-18(24)14-22-19(25)16-10-5-6-11-17(16)20/h2-6,8-11H,7,12-14H2,1H3,(H,21,24)(H,22,25). The normalized spacial score (nSPS) is 10.2. The van der Waals surface area contributed by atoms with E-state index in [9.17, 15) is 9.59 Å². The summed E-state index contributed by atoms with van der Waals surface area (Å²) < 4.78 is 0. The summed E-state index contributed by atoms with van der Waals surface area (Å²) in [7, 11) is 2.01. The summed E-state index contributed by atoms with van der Waals surface area (Å²) in [6.07, 6.45) is 0.815. The fourth-order valence-electron chi connectivity index (χ4n) is 2.32. The number of rotatable bonds is 8. The van der Waals surface area contributed by atoms with Gasteiger partial charge in [0, 0.05) is 25.8 Å². The molecular weight excluding hydrogens is 338 g/mol. The number of para-hydroxylation sites is 1. The van der Waals surface area contributed by atoms with Crippen molar-refractivity contribution in [1.82, 2.24) is 10.6 Å². The molecule has 0 heterocycles. The minimum absolute atomic E-state index is 0.0709. The Labute approximate surface area is 153 Å². The molecule has 2 aromatic rings. The molecule has 0 atom stereocenters. The molecule has 0 saturated carbocycles. The summed E-state index contributed by atoms with van der Waals surface area (Å²) in [5.74, 6) is -0.577. The Bertz CT molecular complexity index is 707. The second-order valence-corrected chi connectivity index (χ2v) is 6.03. The van der Waals surface area contributed by atoms with Crippen LogP contribution in [0.4, 0.5) is 5.69 Å². The van der Waals surface area contributed by atoms with Crippen molar-refractivity contribution in [3.8, 4) is 0 Å². The number of halogens is 1. The molecule has 2 N–H and O–H groups in total. The summed E-state index contributed by atoms with van der Waals surface area (Å²) in [5.41, 5.74) is 1.50. The zero-order chi connectivity index (χ0) is 18.1. The van der Waals surface area contributed by atoms with Crippen molar-refractivity contribution in [2.75, 3.05) is 31.6 Å². The topological polar surface area (TPSA) is 61.4 Å². The Hall–Kier alpha value is -2.53. The molecular formula is C19H22ClN3O2. The first kappa shape index (κ1) is 18.8.